The van der Waals surface area contributed by atoms with Gasteiger partial charge in [-0.2, -0.15) is 5.26 Å². The van der Waals surface area contributed by atoms with Gasteiger partial charge in [-0.3, -0.25) is 0 Å². The van der Waals surface area contributed by atoms with Gasteiger partial charge < -0.3 is 4.79 Å². The van der Waals surface area contributed by atoms with Gasteiger partial charge in [-0.25, -0.2) is 0 Å². The summed E-state index contributed by atoms with van der Waals surface area (Å²) in [5.41, 5.74) is 0. The lowest BCUT2D eigenvalue weighted by Crippen LogP contribution is -1.98. The second kappa shape index (κ2) is 5.30. The van der Waals surface area contributed by atoms with Crippen LogP contribution in [-0.4, -0.2) is 6.29 Å². The molecule has 0 amide bonds. The van der Waals surface area contributed by atoms with Crippen molar-refractivity contribution in [2.24, 2.45) is 5.92 Å². The molecule has 0 aromatic carbocycles. The molecular weight excluding hydrogens is 114 g/mol. The first-order valence-corrected chi connectivity index (χ1v) is 3.17. The molecule has 2 heteroatoms. The van der Waals surface area contributed by atoms with Crippen molar-refractivity contribution in [3.8, 4) is 6.07 Å². The Morgan fingerprint density at radius 1 is 1.78 bits per heavy atom. The summed E-state index contributed by atoms with van der Waals surface area (Å²) in [6.45, 7) is 1.95. The summed E-state index contributed by atoms with van der Waals surface area (Å²) >= 11 is 0. The lowest BCUT2D eigenvalue weighted by atomic mass is 10.0. The van der Waals surface area contributed by atoms with Crippen LogP contribution in [0.4, 0.5) is 0 Å². The zero-order chi connectivity index (χ0) is 7.11. The number of nitriles is 1. The Balaban J connectivity index is 3.33. The third kappa shape index (κ3) is 3.72. The van der Waals surface area contributed by atoms with Crippen LogP contribution in [0.2, 0.25) is 0 Å². The van der Waals surface area contributed by atoms with Gasteiger partial charge in [-0.05, 0) is 12.8 Å². The van der Waals surface area contributed by atoms with Crippen molar-refractivity contribution in [3.63, 3.8) is 0 Å². The number of hydrogen-bond donors (Lipinski definition) is 0. The molecule has 0 saturated carbocycles. The van der Waals surface area contributed by atoms with E-state index >= 15 is 0 Å². The largest absolute Gasteiger partial charge is 0.303 e. The van der Waals surface area contributed by atoms with E-state index in [1.165, 1.54) is 0 Å². The minimum absolute atomic E-state index is 0.102. The highest BCUT2D eigenvalue weighted by molar-refractivity contribution is 5.53. The lowest BCUT2D eigenvalue weighted by Gasteiger charge is -2.00. The molecule has 0 aliphatic carbocycles. The van der Waals surface area contributed by atoms with Gasteiger partial charge in [0.2, 0.25) is 0 Å². The molecule has 0 bridgehead atoms. The Hall–Kier alpha value is -0.840. The summed E-state index contributed by atoms with van der Waals surface area (Å²) in [7, 11) is 0. The third-order valence-electron chi connectivity index (χ3n) is 1.34. The Bertz CT molecular complexity index is 115. The fourth-order valence-electron chi connectivity index (χ4n) is 0.618. The molecule has 0 aliphatic heterocycles. The van der Waals surface area contributed by atoms with Crippen LogP contribution in [0.3, 0.4) is 0 Å². The van der Waals surface area contributed by atoms with Crippen LogP contribution in [0.25, 0.3) is 0 Å². The number of rotatable bonds is 4. The predicted octanol–water partition coefficient (Wildman–Crippen LogP) is 1.52. The average Bonchev–Trinajstić information content (AvgIpc) is 1.91. The molecule has 1 atom stereocenters. The van der Waals surface area contributed by atoms with E-state index in [9.17, 15) is 4.79 Å². The number of aldehydes is 1. The van der Waals surface area contributed by atoms with Crippen molar-refractivity contribution in [1.82, 2.24) is 0 Å². The number of nitrogens with zero attached hydrogens (tertiary/aromatic N) is 1. The Morgan fingerprint density at radius 3 is 2.78 bits per heavy atom. The fourth-order valence-corrected chi connectivity index (χ4v) is 0.618. The second-order valence-corrected chi connectivity index (χ2v) is 2.00. The van der Waals surface area contributed by atoms with Crippen molar-refractivity contribution in [2.75, 3.05) is 0 Å². The van der Waals surface area contributed by atoms with Crippen LogP contribution in [0.1, 0.15) is 26.2 Å². The minimum Gasteiger partial charge on any atom is -0.303 e. The summed E-state index contributed by atoms with van der Waals surface area (Å²) in [6.07, 6.45) is 3.00. The third-order valence-corrected chi connectivity index (χ3v) is 1.34. The summed E-state index contributed by atoms with van der Waals surface area (Å²) in [4.78, 5) is 10.1. The van der Waals surface area contributed by atoms with E-state index in [0.29, 0.717) is 6.42 Å². The van der Waals surface area contributed by atoms with Gasteiger partial charge in [0.25, 0.3) is 0 Å². The van der Waals surface area contributed by atoms with Crippen LogP contribution in [-0.2, 0) is 4.79 Å². The molecular formula is C7H11NO. The monoisotopic (exact) mass is 125 g/mol. The molecule has 2 nitrogen and oxygen atoms in total. The first kappa shape index (κ1) is 8.16. The molecule has 0 rings (SSSR count). The highest BCUT2D eigenvalue weighted by Crippen LogP contribution is 2.05. The molecule has 0 radical (unpaired) electrons. The van der Waals surface area contributed by atoms with Crippen LogP contribution >= 0.6 is 0 Å². The van der Waals surface area contributed by atoms with Gasteiger partial charge in [0.05, 0.1) is 6.07 Å². The molecule has 0 spiro atoms. The van der Waals surface area contributed by atoms with Crippen LogP contribution in [0, 0.1) is 17.2 Å². The summed E-state index contributed by atoms with van der Waals surface area (Å²) in [6, 6.07) is 2.01. The van der Waals surface area contributed by atoms with E-state index in [4.69, 9.17) is 5.26 Å². The fraction of sp³-hybridized carbons (Fsp3) is 0.714. The molecule has 9 heavy (non-hydrogen) atoms. The molecule has 0 fully saturated rings. The van der Waals surface area contributed by atoms with Crippen LogP contribution < -0.4 is 0 Å². The maximum atomic E-state index is 10.1. The summed E-state index contributed by atoms with van der Waals surface area (Å²) < 4.78 is 0. The zero-order valence-corrected chi connectivity index (χ0v) is 5.63. The molecule has 0 aromatic rings. The molecule has 50 valence electrons. The van der Waals surface area contributed by atoms with Gasteiger partial charge >= 0.3 is 0 Å². The van der Waals surface area contributed by atoms with Gasteiger partial charge in [0.15, 0.2) is 0 Å². The first-order chi connectivity index (χ1) is 4.35. The lowest BCUT2D eigenvalue weighted by molar-refractivity contribution is -0.111. The van der Waals surface area contributed by atoms with E-state index in [1.54, 1.807) is 0 Å². The number of carbonyl (C=O) groups is 1. The van der Waals surface area contributed by atoms with Crippen LogP contribution in [0.5, 0.6) is 0 Å². The van der Waals surface area contributed by atoms with Crippen molar-refractivity contribution < 1.29 is 4.79 Å². The molecule has 0 saturated heterocycles. The van der Waals surface area contributed by atoms with E-state index in [-0.39, 0.29) is 5.92 Å². The van der Waals surface area contributed by atoms with E-state index < -0.39 is 0 Å². The summed E-state index contributed by atoms with van der Waals surface area (Å²) in [5, 5.41) is 8.14. The van der Waals surface area contributed by atoms with Crippen molar-refractivity contribution in [1.29, 1.82) is 5.26 Å². The maximum Gasteiger partial charge on any atom is 0.123 e. The van der Waals surface area contributed by atoms with Crippen molar-refractivity contribution in [2.45, 2.75) is 26.2 Å². The van der Waals surface area contributed by atoms with Gasteiger partial charge in [0.1, 0.15) is 6.29 Å². The van der Waals surface area contributed by atoms with Crippen LogP contribution in [0.15, 0.2) is 0 Å². The molecule has 0 N–H and O–H groups in total. The Labute approximate surface area is 55.5 Å². The van der Waals surface area contributed by atoms with E-state index in [0.717, 1.165) is 19.1 Å². The van der Waals surface area contributed by atoms with Gasteiger partial charge in [-0.1, -0.05) is 6.92 Å². The smallest absolute Gasteiger partial charge is 0.123 e. The Morgan fingerprint density at radius 2 is 2.44 bits per heavy atom. The SMILES string of the molecule is CCC(C=O)CCC#N. The highest BCUT2D eigenvalue weighted by atomic mass is 16.1. The van der Waals surface area contributed by atoms with E-state index in [1.807, 2.05) is 13.0 Å². The van der Waals surface area contributed by atoms with E-state index in [2.05, 4.69) is 0 Å². The zero-order valence-electron chi connectivity index (χ0n) is 5.63. The molecule has 0 heterocycles. The number of hydrogen-bond acceptors (Lipinski definition) is 2. The molecule has 0 aliphatic rings. The standard InChI is InChI=1S/C7H11NO/c1-2-7(6-9)4-3-5-8/h6-7H,2-4H2,1H3. The maximum absolute atomic E-state index is 10.1. The predicted molar refractivity (Wildman–Crippen MR) is 34.7 cm³/mol. The van der Waals surface area contributed by atoms with Crippen molar-refractivity contribution in [3.05, 3.63) is 0 Å². The van der Waals surface area contributed by atoms with Crippen molar-refractivity contribution >= 4 is 6.29 Å². The quantitative estimate of drug-likeness (QED) is 0.534. The normalized spacial score (nSPS) is 12.0. The Kier molecular flexibility index (Phi) is 4.81. The second-order valence-electron chi connectivity index (χ2n) is 2.00. The minimum atomic E-state index is 0.102. The van der Waals surface area contributed by atoms with Gasteiger partial charge in [-0.15, -0.1) is 0 Å². The molecule has 0 aromatic heterocycles. The van der Waals surface area contributed by atoms with Gasteiger partial charge in [0, 0.05) is 12.3 Å². The average molecular weight is 125 g/mol. The molecule has 1 unspecified atom stereocenters. The summed E-state index contributed by atoms with van der Waals surface area (Å²) in [5.74, 6) is 0.102. The number of carbonyl (C=O) groups excluding carboxylic acids is 1. The highest BCUT2D eigenvalue weighted by Gasteiger charge is 2.01. The topological polar surface area (TPSA) is 40.9 Å². The first-order valence-electron chi connectivity index (χ1n) is 3.17.